The molecular weight excluding hydrogens is 228 g/mol. The largest absolute Gasteiger partial charge is 0.494 e. The number of nitrogens with zero attached hydrogens (tertiary/aromatic N) is 1. The number of ether oxygens (including phenoxy) is 1. The van der Waals surface area contributed by atoms with Crippen LogP contribution in [0.25, 0.3) is 0 Å². The zero-order valence-corrected chi connectivity index (χ0v) is 11.4. The van der Waals surface area contributed by atoms with Gasteiger partial charge in [-0.2, -0.15) is 5.10 Å². The number of amides is 1. The van der Waals surface area contributed by atoms with Crippen LogP contribution in [-0.4, -0.2) is 18.2 Å². The predicted molar refractivity (Wildman–Crippen MR) is 73.0 cm³/mol. The van der Waals surface area contributed by atoms with E-state index in [0.717, 1.165) is 11.5 Å². The average molecular weight is 248 g/mol. The highest BCUT2D eigenvalue weighted by Gasteiger charge is 2.05. The van der Waals surface area contributed by atoms with E-state index in [1.807, 2.05) is 27.7 Å². The molecule has 0 aliphatic carbocycles. The summed E-state index contributed by atoms with van der Waals surface area (Å²) in [6.45, 7) is 8.49. The normalized spacial score (nSPS) is 11.5. The van der Waals surface area contributed by atoms with Gasteiger partial charge in [-0.25, -0.2) is 5.43 Å². The summed E-state index contributed by atoms with van der Waals surface area (Å²) in [6, 6.07) is 7.00. The van der Waals surface area contributed by atoms with Crippen molar-refractivity contribution < 1.29 is 9.53 Å². The maximum absolute atomic E-state index is 11.8. The van der Waals surface area contributed by atoms with Crippen molar-refractivity contribution in [2.75, 3.05) is 6.61 Å². The summed E-state index contributed by atoms with van der Waals surface area (Å²) in [5.74, 6) is 0.875. The van der Waals surface area contributed by atoms with Gasteiger partial charge in [0.05, 0.1) is 6.61 Å². The summed E-state index contributed by atoms with van der Waals surface area (Å²) in [6.07, 6.45) is 0. The fourth-order valence-corrected chi connectivity index (χ4v) is 1.20. The van der Waals surface area contributed by atoms with E-state index in [0.29, 0.717) is 18.1 Å². The van der Waals surface area contributed by atoms with Crippen molar-refractivity contribution in [3.63, 3.8) is 0 Å². The van der Waals surface area contributed by atoms with Crippen LogP contribution in [0.3, 0.4) is 0 Å². The molecule has 18 heavy (non-hydrogen) atoms. The van der Waals surface area contributed by atoms with Crippen LogP contribution in [0.5, 0.6) is 5.75 Å². The van der Waals surface area contributed by atoms with E-state index in [-0.39, 0.29) is 5.91 Å². The molecule has 0 aliphatic heterocycles. The molecule has 0 heterocycles. The second-order valence-electron chi connectivity index (χ2n) is 4.31. The molecule has 1 N–H and O–H groups in total. The van der Waals surface area contributed by atoms with Gasteiger partial charge < -0.3 is 4.74 Å². The monoisotopic (exact) mass is 248 g/mol. The van der Waals surface area contributed by atoms with Crippen molar-refractivity contribution in [1.29, 1.82) is 0 Å². The molecule has 0 saturated heterocycles. The lowest BCUT2D eigenvalue weighted by atomic mass is 10.1. The zero-order valence-electron chi connectivity index (χ0n) is 11.4. The number of benzene rings is 1. The maximum Gasteiger partial charge on any atom is 0.271 e. The molecule has 0 unspecified atom stereocenters. The third kappa shape index (κ3) is 4.20. The second kappa shape index (κ2) is 6.79. The topological polar surface area (TPSA) is 50.7 Å². The van der Waals surface area contributed by atoms with E-state index >= 15 is 0 Å². The lowest BCUT2D eigenvalue weighted by Gasteiger charge is -2.06. The number of carbonyl (C=O) groups excluding carboxylic acids is 1. The highest BCUT2D eigenvalue weighted by molar-refractivity contribution is 5.95. The Labute approximate surface area is 108 Å². The van der Waals surface area contributed by atoms with Crippen LogP contribution in [0, 0.1) is 5.92 Å². The lowest BCUT2D eigenvalue weighted by Crippen LogP contribution is -2.20. The van der Waals surface area contributed by atoms with E-state index in [1.165, 1.54) is 0 Å². The summed E-state index contributed by atoms with van der Waals surface area (Å²) in [7, 11) is 0. The lowest BCUT2D eigenvalue weighted by molar-refractivity contribution is 0.0954. The first-order chi connectivity index (χ1) is 8.54. The van der Waals surface area contributed by atoms with Gasteiger partial charge in [-0.1, -0.05) is 13.8 Å². The molecular formula is C14H20N2O2. The Morgan fingerprint density at radius 1 is 1.33 bits per heavy atom. The quantitative estimate of drug-likeness (QED) is 0.643. The number of hydrogen-bond donors (Lipinski definition) is 1. The van der Waals surface area contributed by atoms with Crippen molar-refractivity contribution in [3.8, 4) is 5.75 Å². The van der Waals surface area contributed by atoms with Crippen molar-refractivity contribution in [1.82, 2.24) is 5.43 Å². The zero-order chi connectivity index (χ0) is 13.5. The maximum atomic E-state index is 11.8. The minimum atomic E-state index is -0.210. The summed E-state index contributed by atoms with van der Waals surface area (Å²) in [5, 5.41) is 4.04. The standard InChI is InChI=1S/C14H20N2O2/c1-5-18-13-8-6-12(7-9-13)14(17)16-15-11(4)10(2)3/h6-10H,5H2,1-4H3,(H,16,17). The molecule has 1 rings (SSSR count). The number of rotatable bonds is 5. The molecule has 0 fully saturated rings. The second-order valence-corrected chi connectivity index (χ2v) is 4.31. The molecule has 1 aromatic rings. The Balaban J connectivity index is 2.64. The number of hydrogen-bond acceptors (Lipinski definition) is 3. The van der Waals surface area contributed by atoms with Crippen LogP contribution < -0.4 is 10.2 Å². The third-order valence-corrected chi connectivity index (χ3v) is 2.60. The number of nitrogens with one attached hydrogen (secondary N) is 1. The average Bonchev–Trinajstić information content (AvgIpc) is 2.36. The summed E-state index contributed by atoms with van der Waals surface area (Å²) < 4.78 is 5.31. The highest BCUT2D eigenvalue weighted by Crippen LogP contribution is 2.11. The highest BCUT2D eigenvalue weighted by atomic mass is 16.5. The Hall–Kier alpha value is -1.84. The molecule has 98 valence electrons. The van der Waals surface area contributed by atoms with E-state index in [1.54, 1.807) is 24.3 Å². The van der Waals surface area contributed by atoms with Crippen LogP contribution in [0.4, 0.5) is 0 Å². The van der Waals surface area contributed by atoms with Gasteiger partial charge in [0.15, 0.2) is 0 Å². The molecule has 0 aromatic heterocycles. The van der Waals surface area contributed by atoms with Crippen molar-refractivity contribution in [2.45, 2.75) is 27.7 Å². The summed E-state index contributed by atoms with van der Waals surface area (Å²) >= 11 is 0. The van der Waals surface area contributed by atoms with Crippen molar-refractivity contribution >= 4 is 11.6 Å². The van der Waals surface area contributed by atoms with Gasteiger partial charge in [0, 0.05) is 11.3 Å². The van der Waals surface area contributed by atoms with Crippen LogP contribution in [0.15, 0.2) is 29.4 Å². The molecule has 4 nitrogen and oxygen atoms in total. The molecule has 1 amide bonds. The minimum Gasteiger partial charge on any atom is -0.494 e. The minimum absolute atomic E-state index is 0.210. The fraction of sp³-hybridized carbons (Fsp3) is 0.429. The third-order valence-electron chi connectivity index (χ3n) is 2.60. The SMILES string of the molecule is CCOc1ccc(C(=O)NN=C(C)C(C)C)cc1. The molecule has 0 radical (unpaired) electrons. The first-order valence-electron chi connectivity index (χ1n) is 6.12. The molecule has 0 atom stereocenters. The summed E-state index contributed by atoms with van der Waals surface area (Å²) in [5.41, 5.74) is 4.01. The van der Waals surface area contributed by atoms with E-state index in [9.17, 15) is 4.79 Å². The van der Waals surface area contributed by atoms with E-state index in [2.05, 4.69) is 10.5 Å². The Morgan fingerprint density at radius 3 is 2.44 bits per heavy atom. The van der Waals surface area contributed by atoms with Gasteiger partial charge in [0.2, 0.25) is 0 Å². The fourth-order valence-electron chi connectivity index (χ4n) is 1.20. The molecule has 0 spiro atoms. The van der Waals surface area contributed by atoms with Gasteiger partial charge >= 0.3 is 0 Å². The molecule has 1 aromatic carbocycles. The Morgan fingerprint density at radius 2 is 1.94 bits per heavy atom. The van der Waals surface area contributed by atoms with Gasteiger partial charge in [0.1, 0.15) is 5.75 Å². The van der Waals surface area contributed by atoms with Gasteiger partial charge in [0.25, 0.3) is 5.91 Å². The van der Waals surface area contributed by atoms with Crippen molar-refractivity contribution in [2.24, 2.45) is 11.0 Å². The van der Waals surface area contributed by atoms with Crippen LogP contribution in [0.1, 0.15) is 38.1 Å². The smallest absolute Gasteiger partial charge is 0.271 e. The van der Waals surface area contributed by atoms with Crippen LogP contribution in [0.2, 0.25) is 0 Å². The molecule has 0 bridgehead atoms. The van der Waals surface area contributed by atoms with Gasteiger partial charge in [-0.05, 0) is 44.0 Å². The molecule has 0 saturated carbocycles. The Bertz CT molecular complexity index is 422. The van der Waals surface area contributed by atoms with Gasteiger partial charge in [-0.3, -0.25) is 4.79 Å². The molecule has 4 heteroatoms. The first kappa shape index (κ1) is 14.2. The van der Waals surface area contributed by atoms with Crippen LogP contribution in [-0.2, 0) is 0 Å². The van der Waals surface area contributed by atoms with Gasteiger partial charge in [-0.15, -0.1) is 0 Å². The number of hydrazone groups is 1. The van der Waals surface area contributed by atoms with E-state index in [4.69, 9.17) is 4.74 Å². The predicted octanol–water partition coefficient (Wildman–Crippen LogP) is 2.85. The summed E-state index contributed by atoms with van der Waals surface area (Å²) in [4.78, 5) is 11.8. The van der Waals surface area contributed by atoms with Crippen LogP contribution >= 0.6 is 0 Å². The first-order valence-corrected chi connectivity index (χ1v) is 6.12. The Kier molecular flexibility index (Phi) is 5.36. The molecule has 0 aliphatic rings. The van der Waals surface area contributed by atoms with Crippen molar-refractivity contribution in [3.05, 3.63) is 29.8 Å². The van der Waals surface area contributed by atoms with E-state index < -0.39 is 0 Å². The number of carbonyl (C=O) groups is 1.